The maximum Gasteiger partial charge on any atom is 0.337 e. The molecule has 0 aliphatic rings. The lowest BCUT2D eigenvalue weighted by molar-refractivity contribution is -0.138. The van der Waals surface area contributed by atoms with Crippen LogP contribution in [-0.4, -0.2) is 29.7 Å². The topological polar surface area (TPSA) is 105 Å². The number of hydrogen-bond acceptors (Lipinski definition) is 4. The second kappa shape index (κ2) is 8.30. The Morgan fingerprint density at radius 3 is 2.46 bits per heavy atom. The molecule has 0 unspecified atom stereocenters. The number of nitrogens with one attached hydrogen (secondary N) is 2. The number of benzene rings is 1. The minimum Gasteiger partial charge on any atom is -0.478 e. The third-order valence-electron chi connectivity index (χ3n) is 2.98. The van der Waals surface area contributed by atoms with Gasteiger partial charge >= 0.3 is 18.0 Å². The second-order valence-corrected chi connectivity index (χ2v) is 5.07. The summed E-state index contributed by atoms with van der Waals surface area (Å²) in [7, 11) is 0. The number of rotatable bonds is 5. The van der Waals surface area contributed by atoms with Gasteiger partial charge in [-0.2, -0.15) is 0 Å². The fraction of sp³-hybridized carbons (Fsp3) is 0.267. The lowest BCUT2D eigenvalue weighted by atomic mass is 10.2. The minimum atomic E-state index is -1.36. The first kappa shape index (κ1) is 19.4. The number of carbonyl (C=O) groups is 3. The number of urea groups is 1. The molecule has 7 nitrogen and oxygen atoms in total. The van der Waals surface area contributed by atoms with Gasteiger partial charge in [0.15, 0.2) is 0 Å². The highest BCUT2D eigenvalue weighted by Crippen LogP contribution is 2.24. The van der Waals surface area contributed by atoms with Crippen LogP contribution in [-0.2, 0) is 9.53 Å². The average molecular weight is 359 g/mol. The summed E-state index contributed by atoms with van der Waals surface area (Å²) in [6.45, 7) is 4.75. The van der Waals surface area contributed by atoms with E-state index in [9.17, 15) is 18.8 Å². The molecule has 0 spiro atoms. The number of aromatic carboxylic acids is 1. The highest BCUT2D eigenvalue weighted by Gasteiger charge is 2.16. The van der Waals surface area contributed by atoms with Gasteiger partial charge < -0.3 is 20.5 Å². The zero-order chi connectivity index (χ0) is 18.4. The van der Waals surface area contributed by atoms with E-state index in [1.54, 1.807) is 6.92 Å². The normalized spacial score (nSPS) is 11.4. The van der Waals surface area contributed by atoms with Crippen LogP contribution in [0.4, 0.5) is 14.9 Å². The van der Waals surface area contributed by atoms with Crippen LogP contribution in [0.5, 0.6) is 0 Å². The van der Waals surface area contributed by atoms with Crippen LogP contribution in [0.15, 0.2) is 23.4 Å². The van der Waals surface area contributed by atoms with Gasteiger partial charge in [0.2, 0.25) is 0 Å². The van der Waals surface area contributed by atoms with E-state index in [1.165, 1.54) is 13.8 Å². The molecule has 24 heavy (non-hydrogen) atoms. The van der Waals surface area contributed by atoms with Crippen LogP contribution in [0.3, 0.4) is 0 Å². The molecule has 1 aromatic carbocycles. The predicted octanol–water partition coefficient (Wildman–Crippen LogP) is 3.16. The molecule has 0 aromatic heterocycles. The van der Waals surface area contributed by atoms with E-state index in [0.717, 1.165) is 12.1 Å². The zero-order valence-electron chi connectivity index (χ0n) is 13.2. The van der Waals surface area contributed by atoms with Gasteiger partial charge in [0.25, 0.3) is 0 Å². The van der Waals surface area contributed by atoms with Gasteiger partial charge in [-0.1, -0.05) is 11.6 Å². The maximum atomic E-state index is 13.8. The standard InChI is InChI=1S/C15H16ClFN2O5/c1-4-24-14(22)7(2)8(3)18-15(23)19-12-5-9(13(20)21)10(16)6-11(12)17/h5-6H,4H2,1-3H3,(H,20,21)(H2,18,19,23). The van der Waals surface area contributed by atoms with Crippen molar-refractivity contribution in [1.82, 2.24) is 5.32 Å². The third-order valence-corrected chi connectivity index (χ3v) is 3.29. The Morgan fingerprint density at radius 2 is 1.92 bits per heavy atom. The smallest absolute Gasteiger partial charge is 0.337 e. The summed E-state index contributed by atoms with van der Waals surface area (Å²) in [6.07, 6.45) is 0. The molecule has 0 aliphatic carbocycles. The van der Waals surface area contributed by atoms with E-state index in [1.807, 2.05) is 0 Å². The van der Waals surface area contributed by atoms with Gasteiger partial charge in [-0.3, -0.25) is 0 Å². The summed E-state index contributed by atoms with van der Waals surface area (Å²) >= 11 is 5.62. The molecule has 0 aliphatic heterocycles. The molecule has 2 amide bonds. The van der Waals surface area contributed by atoms with Crippen molar-refractivity contribution in [3.63, 3.8) is 0 Å². The Kier molecular flexibility index (Phi) is 6.72. The summed E-state index contributed by atoms with van der Waals surface area (Å²) in [4.78, 5) is 34.4. The molecule has 0 fully saturated rings. The van der Waals surface area contributed by atoms with E-state index >= 15 is 0 Å². The summed E-state index contributed by atoms with van der Waals surface area (Å²) in [5.41, 5.74) is -0.340. The van der Waals surface area contributed by atoms with E-state index in [0.29, 0.717) is 0 Å². The Hall–Kier alpha value is -2.61. The molecule has 130 valence electrons. The minimum absolute atomic E-state index is 0.176. The fourth-order valence-electron chi connectivity index (χ4n) is 1.62. The number of carboxylic acid groups (broad SMARTS) is 1. The molecule has 0 saturated carbocycles. The molecule has 1 aromatic rings. The van der Waals surface area contributed by atoms with Crippen LogP contribution in [0.25, 0.3) is 0 Å². The van der Waals surface area contributed by atoms with E-state index < -0.39 is 23.8 Å². The third kappa shape index (κ3) is 4.95. The number of ether oxygens (including phenoxy) is 1. The van der Waals surface area contributed by atoms with Crippen LogP contribution in [0.1, 0.15) is 31.1 Å². The van der Waals surface area contributed by atoms with Crippen molar-refractivity contribution in [3.8, 4) is 0 Å². The summed E-state index contributed by atoms with van der Waals surface area (Å²) in [6, 6.07) is 0.831. The highest BCUT2D eigenvalue weighted by atomic mass is 35.5. The van der Waals surface area contributed by atoms with Crippen molar-refractivity contribution in [2.45, 2.75) is 20.8 Å². The molecule has 9 heteroatoms. The van der Waals surface area contributed by atoms with Crippen molar-refractivity contribution in [2.75, 3.05) is 11.9 Å². The molecule has 0 radical (unpaired) electrons. The van der Waals surface area contributed by atoms with Gasteiger partial charge in [0.1, 0.15) is 5.82 Å². The van der Waals surface area contributed by atoms with Crippen LogP contribution in [0, 0.1) is 5.82 Å². The molecular weight excluding hydrogens is 343 g/mol. The second-order valence-electron chi connectivity index (χ2n) is 4.67. The number of amides is 2. The van der Waals surface area contributed by atoms with E-state index in [4.69, 9.17) is 21.4 Å². The van der Waals surface area contributed by atoms with Crippen molar-refractivity contribution in [1.29, 1.82) is 0 Å². The van der Waals surface area contributed by atoms with Gasteiger partial charge in [0.05, 0.1) is 28.5 Å². The average Bonchev–Trinajstić information content (AvgIpc) is 2.48. The van der Waals surface area contributed by atoms with Crippen LogP contribution < -0.4 is 10.6 Å². The molecule has 3 N–H and O–H groups in total. The van der Waals surface area contributed by atoms with Crippen molar-refractivity contribution >= 4 is 35.3 Å². The summed E-state index contributed by atoms with van der Waals surface area (Å²) in [5.74, 6) is -2.86. The number of allylic oxidation sites excluding steroid dienone is 1. The number of halogens is 2. The first-order chi connectivity index (χ1) is 11.2. The summed E-state index contributed by atoms with van der Waals surface area (Å²) in [5, 5.41) is 13.2. The monoisotopic (exact) mass is 358 g/mol. The number of anilines is 1. The largest absolute Gasteiger partial charge is 0.478 e. The highest BCUT2D eigenvalue weighted by molar-refractivity contribution is 6.33. The molecule has 0 bridgehead atoms. The number of carbonyl (C=O) groups excluding carboxylic acids is 2. The quantitative estimate of drug-likeness (QED) is 0.554. The Balaban J connectivity index is 2.93. The van der Waals surface area contributed by atoms with Crippen molar-refractivity contribution in [3.05, 3.63) is 39.8 Å². The van der Waals surface area contributed by atoms with Gasteiger partial charge in [-0.05, 0) is 32.9 Å². The fourth-order valence-corrected chi connectivity index (χ4v) is 1.85. The number of esters is 1. The number of hydrogen-bond donors (Lipinski definition) is 3. The Labute approximate surface area is 142 Å². The zero-order valence-corrected chi connectivity index (χ0v) is 14.0. The lowest BCUT2D eigenvalue weighted by Gasteiger charge is -2.12. The van der Waals surface area contributed by atoms with Gasteiger partial charge in [-0.25, -0.2) is 18.8 Å². The number of carboxylic acids is 1. The van der Waals surface area contributed by atoms with E-state index in [-0.39, 0.29) is 34.2 Å². The van der Waals surface area contributed by atoms with Gasteiger partial charge in [0, 0.05) is 5.70 Å². The van der Waals surface area contributed by atoms with Crippen molar-refractivity contribution < 1.29 is 28.6 Å². The van der Waals surface area contributed by atoms with Crippen LogP contribution >= 0.6 is 11.6 Å². The molecule has 0 atom stereocenters. The molecule has 0 heterocycles. The predicted molar refractivity (Wildman–Crippen MR) is 85.5 cm³/mol. The molecule has 1 rings (SSSR count). The van der Waals surface area contributed by atoms with E-state index in [2.05, 4.69) is 10.6 Å². The SMILES string of the molecule is CCOC(=O)C(C)=C(C)NC(=O)Nc1cc(C(=O)O)c(Cl)cc1F. The van der Waals surface area contributed by atoms with Gasteiger partial charge in [-0.15, -0.1) is 0 Å². The Bertz CT molecular complexity index is 718. The summed E-state index contributed by atoms with van der Waals surface area (Å²) < 4.78 is 18.6. The van der Waals surface area contributed by atoms with Crippen molar-refractivity contribution in [2.24, 2.45) is 0 Å². The first-order valence-corrected chi connectivity index (χ1v) is 7.20. The molecular formula is C15H16ClFN2O5. The Morgan fingerprint density at radius 1 is 1.29 bits per heavy atom. The first-order valence-electron chi connectivity index (χ1n) is 6.82. The maximum absolute atomic E-state index is 13.8. The van der Waals surface area contributed by atoms with Crippen LogP contribution in [0.2, 0.25) is 5.02 Å². The lowest BCUT2D eigenvalue weighted by Crippen LogP contribution is -2.29. The molecule has 0 saturated heterocycles.